The summed E-state index contributed by atoms with van der Waals surface area (Å²) in [5, 5.41) is 0. The normalized spacial score (nSPS) is 10.1. The lowest BCUT2D eigenvalue weighted by molar-refractivity contribution is 0.0764. The Morgan fingerprint density at radius 1 is 1.31 bits per heavy atom. The first-order valence-corrected chi connectivity index (χ1v) is 5.31. The van der Waals surface area contributed by atoms with Crippen LogP contribution in [0.1, 0.15) is 24.2 Å². The first-order valence-electron chi connectivity index (χ1n) is 4.84. The van der Waals surface area contributed by atoms with Gasteiger partial charge in [-0.2, -0.15) is 0 Å². The van der Waals surface area contributed by atoms with Crippen LogP contribution in [0.15, 0.2) is 18.2 Å². The van der Waals surface area contributed by atoms with Gasteiger partial charge in [-0.15, -0.1) is 0 Å². The van der Waals surface area contributed by atoms with Gasteiger partial charge in [-0.05, 0) is 32.0 Å². The van der Waals surface area contributed by atoms with Gasteiger partial charge in [0.15, 0.2) is 11.5 Å². The number of benzene rings is 1. The molecule has 1 aromatic carbocycles. The highest BCUT2D eigenvalue weighted by molar-refractivity contribution is 7.10. The summed E-state index contributed by atoms with van der Waals surface area (Å²) in [6.45, 7) is 3.81. The minimum absolute atomic E-state index is 0.0103. The lowest BCUT2D eigenvalue weighted by Crippen LogP contribution is -2.08. The molecule has 0 saturated carbocycles. The van der Waals surface area contributed by atoms with E-state index in [4.69, 9.17) is 9.47 Å². The van der Waals surface area contributed by atoms with Gasteiger partial charge in [0.25, 0.3) is 0 Å². The number of methoxy groups -OCH3 is 1. The van der Waals surface area contributed by atoms with E-state index in [1.165, 1.54) is 0 Å². The molecule has 0 saturated heterocycles. The Morgan fingerprint density at radius 3 is 2.50 bits per heavy atom. The van der Waals surface area contributed by atoms with Crippen molar-refractivity contribution >= 4 is 15.4 Å². The molecule has 16 heavy (non-hydrogen) atoms. The van der Waals surface area contributed by atoms with Crippen LogP contribution in [0, 0.1) is 0 Å². The molecule has 1 rings (SSSR count). The zero-order valence-electron chi connectivity index (χ0n) is 9.52. The molecule has 0 radical (unpaired) electrons. The molecular formula is C11H15O4P. The topological polar surface area (TPSA) is 44.8 Å². The number of hydrogen-bond acceptors (Lipinski definition) is 4. The Kier molecular flexibility index (Phi) is 4.56. The molecule has 0 heterocycles. The Labute approximate surface area is 97.2 Å². The van der Waals surface area contributed by atoms with Crippen LogP contribution in [0.4, 0.5) is 0 Å². The van der Waals surface area contributed by atoms with Gasteiger partial charge in [-0.1, -0.05) is 0 Å². The lowest BCUT2D eigenvalue weighted by atomic mass is 10.2. The molecule has 0 aliphatic carbocycles. The van der Waals surface area contributed by atoms with Crippen LogP contribution in [-0.4, -0.2) is 19.2 Å². The summed E-state index contributed by atoms with van der Waals surface area (Å²) in [4.78, 5) is 11.3. The molecule has 1 atom stereocenters. The number of carbonyl (C=O) groups excluding carboxylic acids is 1. The Morgan fingerprint density at radius 2 is 2.00 bits per heavy atom. The second kappa shape index (κ2) is 5.71. The van der Waals surface area contributed by atoms with E-state index < -0.39 is 5.97 Å². The van der Waals surface area contributed by atoms with E-state index in [1.54, 1.807) is 25.3 Å². The van der Waals surface area contributed by atoms with E-state index in [-0.39, 0.29) is 6.10 Å². The fourth-order valence-corrected chi connectivity index (χ4v) is 1.35. The molecule has 0 aliphatic rings. The molecule has 88 valence electrons. The van der Waals surface area contributed by atoms with E-state index in [2.05, 4.69) is 4.52 Å². The predicted octanol–water partition coefficient (Wildman–Crippen LogP) is 2.43. The van der Waals surface area contributed by atoms with Gasteiger partial charge in [-0.3, -0.25) is 0 Å². The SMILES string of the molecule is COc1ccc(C(=O)OP)cc1OC(C)C. The smallest absolute Gasteiger partial charge is 0.340 e. The fourth-order valence-electron chi connectivity index (χ4n) is 1.22. The fraction of sp³-hybridized carbons (Fsp3) is 0.364. The summed E-state index contributed by atoms with van der Waals surface area (Å²) in [6.07, 6.45) is 0.0103. The molecule has 0 bridgehead atoms. The number of ether oxygens (including phenoxy) is 2. The number of carbonyl (C=O) groups is 1. The van der Waals surface area contributed by atoms with E-state index in [1.807, 2.05) is 23.3 Å². The predicted molar refractivity (Wildman–Crippen MR) is 63.9 cm³/mol. The molecule has 1 aromatic rings. The third kappa shape index (κ3) is 3.11. The molecule has 1 unspecified atom stereocenters. The van der Waals surface area contributed by atoms with Crippen LogP contribution in [0.2, 0.25) is 0 Å². The molecule has 0 aliphatic heterocycles. The molecule has 0 fully saturated rings. The molecule has 0 N–H and O–H groups in total. The van der Waals surface area contributed by atoms with Crippen molar-refractivity contribution in [3.05, 3.63) is 23.8 Å². The van der Waals surface area contributed by atoms with E-state index in [9.17, 15) is 4.79 Å². The van der Waals surface area contributed by atoms with Crippen molar-refractivity contribution in [3.63, 3.8) is 0 Å². The van der Waals surface area contributed by atoms with Crippen LogP contribution in [0.5, 0.6) is 11.5 Å². The van der Waals surface area contributed by atoms with Gasteiger partial charge < -0.3 is 14.0 Å². The monoisotopic (exact) mass is 242 g/mol. The minimum atomic E-state index is -0.429. The molecule has 4 nitrogen and oxygen atoms in total. The van der Waals surface area contributed by atoms with Crippen LogP contribution < -0.4 is 9.47 Å². The van der Waals surface area contributed by atoms with Gasteiger partial charge >= 0.3 is 5.97 Å². The van der Waals surface area contributed by atoms with Crippen molar-refractivity contribution in [1.29, 1.82) is 0 Å². The maximum Gasteiger partial charge on any atom is 0.340 e. The second-order valence-electron chi connectivity index (χ2n) is 3.44. The minimum Gasteiger partial charge on any atom is -0.493 e. The summed E-state index contributed by atoms with van der Waals surface area (Å²) in [7, 11) is 3.47. The van der Waals surface area contributed by atoms with Gasteiger partial charge in [0, 0.05) is 0 Å². The Balaban J connectivity index is 3.05. The highest BCUT2D eigenvalue weighted by atomic mass is 31.0. The van der Waals surface area contributed by atoms with Crippen molar-refractivity contribution in [3.8, 4) is 11.5 Å². The van der Waals surface area contributed by atoms with Crippen molar-refractivity contribution < 1.29 is 18.8 Å². The van der Waals surface area contributed by atoms with Gasteiger partial charge in [0.2, 0.25) is 0 Å². The van der Waals surface area contributed by atoms with Crippen LogP contribution in [-0.2, 0) is 4.52 Å². The van der Waals surface area contributed by atoms with Crippen molar-refractivity contribution in [1.82, 2.24) is 0 Å². The van der Waals surface area contributed by atoms with Gasteiger partial charge in [-0.25, -0.2) is 4.79 Å². The second-order valence-corrected chi connectivity index (χ2v) is 3.67. The Hall–Kier alpha value is -1.28. The van der Waals surface area contributed by atoms with Crippen molar-refractivity contribution in [2.75, 3.05) is 7.11 Å². The van der Waals surface area contributed by atoms with Crippen LogP contribution in [0.25, 0.3) is 0 Å². The first-order chi connectivity index (χ1) is 7.58. The van der Waals surface area contributed by atoms with E-state index >= 15 is 0 Å². The maximum absolute atomic E-state index is 11.3. The lowest BCUT2D eigenvalue weighted by Gasteiger charge is -2.14. The highest BCUT2D eigenvalue weighted by Crippen LogP contribution is 2.29. The average Bonchev–Trinajstić information content (AvgIpc) is 2.27. The van der Waals surface area contributed by atoms with Crippen molar-refractivity contribution in [2.45, 2.75) is 20.0 Å². The quantitative estimate of drug-likeness (QED) is 0.760. The Bertz CT molecular complexity index is 376. The summed E-state index contributed by atoms with van der Waals surface area (Å²) >= 11 is 0. The molecule has 0 spiro atoms. The zero-order chi connectivity index (χ0) is 12.1. The molecule has 0 aromatic heterocycles. The van der Waals surface area contributed by atoms with Crippen molar-refractivity contribution in [2.24, 2.45) is 0 Å². The average molecular weight is 242 g/mol. The van der Waals surface area contributed by atoms with Gasteiger partial charge in [0.1, 0.15) is 0 Å². The zero-order valence-corrected chi connectivity index (χ0v) is 10.7. The summed E-state index contributed by atoms with van der Waals surface area (Å²) in [5.41, 5.74) is 0.423. The van der Waals surface area contributed by atoms with E-state index in [0.717, 1.165) is 0 Å². The standard InChI is InChI=1S/C11H15O4P/c1-7(2)14-10-6-8(11(12)15-16)4-5-9(10)13-3/h4-7H,16H2,1-3H3. The maximum atomic E-state index is 11.3. The summed E-state index contributed by atoms with van der Waals surface area (Å²) < 4.78 is 15.2. The number of rotatable bonds is 4. The van der Waals surface area contributed by atoms with Gasteiger partial charge in [0.05, 0.1) is 28.2 Å². The summed E-state index contributed by atoms with van der Waals surface area (Å²) in [6, 6.07) is 4.90. The van der Waals surface area contributed by atoms with E-state index in [0.29, 0.717) is 17.1 Å². The molecule has 5 heteroatoms. The van der Waals surface area contributed by atoms with Crippen LogP contribution in [0.3, 0.4) is 0 Å². The first kappa shape index (κ1) is 12.8. The summed E-state index contributed by atoms with van der Waals surface area (Å²) in [5.74, 6) is 0.695. The third-order valence-electron chi connectivity index (χ3n) is 1.87. The molecular weight excluding hydrogens is 227 g/mol. The molecule has 0 amide bonds. The highest BCUT2D eigenvalue weighted by Gasteiger charge is 2.12. The van der Waals surface area contributed by atoms with Crippen LogP contribution >= 0.6 is 9.47 Å². The largest absolute Gasteiger partial charge is 0.493 e. The number of hydrogen-bond donors (Lipinski definition) is 0. The third-order valence-corrected chi connectivity index (χ3v) is 2.08.